The van der Waals surface area contributed by atoms with Gasteiger partial charge in [0.05, 0.1) is 6.20 Å². The molecule has 4 heteroatoms. The number of nitriles is 1. The summed E-state index contributed by atoms with van der Waals surface area (Å²) < 4.78 is 0. The average molecular weight is 252 g/mol. The lowest BCUT2D eigenvalue weighted by Crippen LogP contribution is -2.10. The molecular formula is C15H16N4. The zero-order chi connectivity index (χ0) is 14.0. The van der Waals surface area contributed by atoms with E-state index in [9.17, 15) is 0 Å². The Bertz CT molecular complexity index is 631. The van der Waals surface area contributed by atoms with Crippen LogP contribution in [0.25, 0.3) is 11.4 Å². The molecule has 2 aromatic rings. The maximum atomic E-state index is 8.80. The molecule has 0 aliphatic carbocycles. The van der Waals surface area contributed by atoms with E-state index in [1.807, 2.05) is 18.2 Å². The van der Waals surface area contributed by atoms with Gasteiger partial charge in [0.1, 0.15) is 17.5 Å². The molecule has 2 rings (SSSR count). The van der Waals surface area contributed by atoms with Gasteiger partial charge in [-0.15, -0.1) is 0 Å². The first-order valence-corrected chi connectivity index (χ1v) is 6.05. The van der Waals surface area contributed by atoms with Crippen LogP contribution in [0.2, 0.25) is 0 Å². The van der Waals surface area contributed by atoms with Crippen LogP contribution in [0.5, 0.6) is 0 Å². The van der Waals surface area contributed by atoms with Crippen LogP contribution in [0.15, 0.2) is 30.5 Å². The monoisotopic (exact) mass is 252 g/mol. The molecule has 1 aromatic heterocycles. The molecule has 0 unspecified atom stereocenters. The van der Waals surface area contributed by atoms with Crippen molar-refractivity contribution in [2.45, 2.75) is 26.2 Å². The molecule has 0 atom stereocenters. The maximum Gasteiger partial charge on any atom is 0.161 e. The smallest absolute Gasteiger partial charge is 0.161 e. The van der Waals surface area contributed by atoms with Gasteiger partial charge in [0.25, 0.3) is 0 Å². The summed E-state index contributed by atoms with van der Waals surface area (Å²) in [6.45, 7) is 6.49. The fourth-order valence-corrected chi connectivity index (χ4v) is 1.74. The number of aromatic nitrogens is 2. The van der Waals surface area contributed by atoms with Gasteiger partial charge in [-0.05, 0) is 11.0 Å². The summed E-state index contributed by atoms with van der Waals surface area (Å²) in [5, 5.41) is 8.80. The normalized spacial score (nSPS) is 11.1. The van der Waals surface area contributed by atoms with E-state index >= 15 is 0 Å². The molecule has 96 valence electrons. The Morgan fingerprint density at radius 1 is 1.16 bits per heavy atom. The van der Waals surface area contributed by atoms with Crippen LogP contribution in [-0.4, -0.2) is 9.97 Å². The summed E-state index contributed by atoms with van der Waals surface area (Å²) in [6, 6.07) is 10.0. The highest BCUT2D eigenvalue weighted by atomic mass is 14.9. The molecular weight excluding hydrogens is 236 g/mol. The van der Waals surface area contributed by atoms with Crippen LogP contribution in [0.4, 0.5) is 5.82 Å². The van der Waals surface area contributed by atoms with Crippen molar-refractivity contribution in [2.24, 2.45) is 0 Å². The number of rotatable bonds is 1. The number of nitrogens with zero attached hydrogens (tertiary/aromatic N) is 3. The number of benzene rings is 1. The predicted molar refractivity (Wildman–Crippen MR) is 75.3 cm³/mol. The number of nitrogen functional groups attached to an aromatic ring is 1. The standard InChI is InChI=1S/C15H16N4/c1-15(2,3)12-6-4-10(5-7-12)14-18-9-11(8-16)13(17)19-14/h4-7,9H,1-3H3,(H2,17,18,19). The first-order valence-electron chi connectivity index (χ1n) is 6.05. The first kappa shape index (κ1) is 13.0. The van der Waals surface area contributed by atoms with Gasteiger partial charge in [-0.25, -0.2) is 9.97 Å². The van der Waals surface area contributed by atoms with E-state index in [4.69, 9.17) is 11.0 Å². The molecule has 2 N–H and O–H groups in total. The van der Waals surface area contributed by atoms with Crippen molar-refractivity contribution in [1.82, 2.24) is 9.97 Å². The molecule has 1 heterocycles. The SMILES string of the molecule is CC(C)(C)c1ccc(-c2ncc(C#N)c(N)n2)cc1. The van der Waals surface area contributed by atoms with Crippen LogP contribution < -0.4 is 5.73 Å². The summed E-state index contributed by atoms with van der Waals surface area (Å²) in [7, 11) is 0. The summed E-state index contributed by atoms with van der Waals surface area (Å²) in [6.07, 6.45) is 1.45. The van der Waals surface area contributed by atoms with Crippen molar-refractivity contribution >= 4 is 5.82 Å². The Hall–Kier alpha value is -2.41. The van der Waals surface area contributed by atoms with Gasteiger partial charge in [0, 0.05) is 5.56 Å². The molecule has 19 heavy (non-hydrogen) atoms. The largest absolute Gasteiger partial charge is 0.382 e. The average Bonchev–Trinajstić information content (AvgIpc) is 2.38. The Labute approximate surface area is 112 Å². The third kappa shape index (κ3) is 2.71. The van der Waals surface area contributed by atoms with E-state index in [-0.39, 0.29) is 11.2 Å². The Balaban J connectivity index is 2.38. The van der Waals surface area contributed by atoms with Gasteiger partial charge in [-0.3, -0.25) is 0 Å². The van der Waals surface area contributed by atoms with Crippen LogP contribution in [-0.2, 0) is 5.41 Å². The number of nitrogens with two attached hydrogens (primary N) is 1. The molecule has 4 nitrogen and oxygen atoms in total. The second-order valence-corrected chi connectivity index (χ2v) is 5.43. The topological polar surface area (TPSA) is 75.6 Å². The highest BCUT2D eigenvalue weighted by Gasteiger charge is 2.13. The zero-order valence-corrected chi connectivity index (χ0v) is 11.3. The maximum absolute atomic E-state index is 8.80. The molecule has 0 aliphatic heterocycles. The molecule has 0 saturated heterocycles. The van der Waals surface area contributed by atoms with Gasteiger partial charge in [-0.2, -0.15) is 5.26 Å². The lowest BCUT2D eigenvalue weighted by atomic mass is 9.87. The minimum Gasteiger partial charge on any atom is -0.382 e. The first-order chi connectivity index (χ1) is 8.91. The lowest BCUT2D eigenvalue weighted by Gasteiger charge is -2.18. The Morgan fingerprint density at radius 3 is 2.26 bits per heavy atom. The van der Waals surface area contributed by atoms with E-state index in [1.165, 1.54) is 11.8 Å². The quantitative estimate of drug-likeness (QED) is 0.846. The fraction of sp³-hybridized carbons (Fsp3) is 0.267. The molecule has 0 saturated carbocycles. The second kappa shape index (κ2) is 4.69. The zero-order valence-electron chi connectivity index (χ0n) is 11.3. The van der Waals surface area contributed by atoms with E-state index in [2.05, 4.69) is 42.9 Å². The van der Waals surface area contributed by atoms with Crippen molar-refractivity contribution in [3.8, 4) is 17.5 Å². The van der Waals surface area contributed by atoms with E-state index in [0.717, 1.165) is 5.56 Å². The number of hydrogen-bond donors (Lipinski definition) is 1. The van der Waals surface area contributed by atoms with Gasteiger partial charge in [0.2, 0.25) is 0 Å². The summed E-state index contributed by atoms with van der Waals surface area (Å²) in [5.41, 5.74) is 8.25. The molecule has 0 radical (unpaired) electrons. The van der Waals surface area contributed by atoms with Crippen molar-refractivity contribution in [2.75, 3.05) is 5.73 Å². The third-order valence-electron chi connectivity index (χ3n) is 2.95. The molecule has 0 aliphatic rings. The van der Waals surface area contributed by atoms with Gasteiger partial charge in [-0.1, -0.05) is 45.0 Å². The van der Waals surface area contributed by atoms with E-state index in [1.54, 1.807) is 0 Å². The lowest BCUT2D eigenvalue weighted by molar-refractivity contribution is 0.590. The van der Waals surface area contributed by atoms with Crippen molar-refractivity contribution in [3.63, 3.8) is 0 Å². The summed E-state index contributed by atoms with van der Waals surface area (Å²) in [4.78, 5) is 8.31. The van der Waals surface area contributed by atoms with Crippen LogP contribution in [0.1, 0.15) is 31.9 Å². The Kier molecular flexibility index (Phi) is 3.22. The number of anilines is 1. The predicted octanol–water partition coefficient (Wildman–Crippen LogP) is 2.89. The number of hydrogen-bond acceptors (Lipinski definition) is 4. The minimum absolute atomic E-state index is 0.114. The third-order valence-corrected chi connectivity index (χ3v) is 2.95. The van der Waals surface area contributed by atoms with Crippen LogP contribution in [0.3, 0.4) is 0 Å². The second-order valence-electron chi connectivity index (χ2n) is 5.43. The van der Waals surface area contributed by atoms with Gasteiger partial charge >= 0.3 is 0 Å². The summed E-state index contributed by atoms with van der Waals surface area (Å²) >= 11 is 0. The van der Waals surface area contributed by atoms with E-state index in [0.29, 0.717) is 11.4 Å². The molecule has 0 spiro atoms. The summed E-state index contributed by atoms with van der Waals surface area (Å²) in [5.74, 6) is 0.754. The molecule has 0 bridgehead atoms. The van der Waals surface area contributed by atoms with Gasteiger partial charge in [0.15, 0.2) is 5.82 Å². The van der Waals surface area contributed by atoms with Crippen molar-refractivity contribution in [3.05, 3.63) is 41.6 Å². The highest BCUT2D eigenvalue weighted by molar-refractivity contribution is 5.59. The van der Waals surface area contributed by atoms with Crippen LogP contribution in [0, 0.1) is 11.3 Å². The van der Waals surface area contributed by atoms with Crippen LogP contribution >= 0.6 is 0 Å². The fourth-order valence-electron chi connectivity index (χ4n) is 1.74. The molecule has 1 aromatic carbocycles. The van der Waals surface area contributed by atoms with E-state index < -0.39 is 0 Å². The molecule has 0 fully saturated rings. The minimum atomic E-state index is 0.114. The Morgan fingerprint density at radius 2 is 1.79 bits per heavy atom. The van der Waals surface area contributed by atoms with Crippen molar-refractivity contribution < 1.29 is 0 Å². The van der Waals surface area contributed by atoms with Crippen molar-refractivity contribution in [1.29, 1.82) is 5.26 Å². The molecule has 0 amide bonds. The van der Waals surface area contributed by atoms with Gasteiger partial charge < -0.3 is 5.73 Å². The highest BCUT2D eigenvalue weighted by Crippen LogP contribution is 2.25.